The Hall–Kier alpha value is -2.79. The number of carbonyl (C=O) groups is 3. The van der Waals surface area contributed by atoms with Crippen molar-refractivity contribution in [2.45, 2.75) is 45.1 Å². The molecule has 0 bridgehead atoms. The van der Waals surface area contributed by atoms with Gasteiger partial charge in [-0.2, -0.15) is 26.3 Å². The van der Waals surface area contributed by atoms with Crippen molar-refractivity contribution in [2.24, 2.45) is 5.92 Å². The number of rotatable bonds is 8. The smallest absolute Gasteiger partial charge is 0.416 e. The second-order valence-electron chi connectivity index (χ2n) is 6.46. The molecule has 12 heteroatoms. The van der Waals surface area contributed by atoms with Crippen LogP contribution in [0.1, 0.15) is 37.0 Å². The third kappa shape index (κ3) is 7.56. The zero-order valence-electron chi connectivity index (χ0n) is 15.9. The Kier molecular flexibility index (Phi) is 8.25. The van der Waals surface area contributed by atoms with Crippen LogP contribution >= 0.6 is 0 Å². The summed E-state index contributed by atoms with van der Waals surface area (Å²) in [6, 6.07) is -0.919. The highest BCUT2D eigenvalue weighted by molar-refractivity contribution is 5.85. The summed E-state index contributed by atoms with van der Waals surface area (Å²) in [4.78, 5) is 35.0. The number of aliphatic carboxylic acids is 1. The Morgan fingerprint density at radius 3 is 1.93 bits per heavy atom. The topological polar surface area (TPSA) is 92.7 Å². The lowest BCUT2D eigenvalue weighted by Gasteiger charge is -2.21. The highest BCUT2D eigenvalue weighted by atomic mass is 19.4. The fourth-order valence-electron chi connectivity index (χ4n) is 2.58. The fourth-order valence-corrected chi connectivity index (χ4v) is 2.58. The third-order valence-electron chi connectivity index (χ3n) is 3.96. The summed E-state index contributed by atoms with van der Waals surface area (Å²) in [5, 5.41) is 11.3. The first-order valence-corrected chi connectivity index (χ1v) is 8.61. The summed E-state index contributed by atoms with van der Waals surface area (Å²) in [6.07, 6.45) is -11.5. The molecule has 0 unspecified atom stereocenters. The second-order valence-corrected chi connectivity index (χ2v) is 6.46. The highest BCUT2D eigenvalue weighted by Gasteiger charge is 2.37. The monoisotopic (exact) mass is 443 g/mol. The zero-order chi connectivity index (χ0) is 23.3. The van der Waals surface area contributed by atoms with Crippen LogP contribution in [0.25, 0.3) is 0 Å². The van der Waals surface area contributed by atoms with Gasteiger partial charge in [0.1, 0.15) is 6.04 Å². The van der Waals surface area contributed by atoms with Gasteiger partial charge >= 0.3 is 24.3 Å². The van der Waals surface area contributed by atoms with Gasteiger partial charge in [-0.1, -0.05) is 6.92 Å². The Labute approximate surface area is 167 Å². The minimum absolute atomic E-state index is 0.0483. The second kappa shape index (κ2) is 9.81. The van der Waals surface area contributed by atoms with Crippen LogP contribution in [0.2, 0.25) is 0 Å². The van der Waals surface area contributed by atoms with Crippen molar-refractivity contribution in [3.8, 4) is 0 Å². The number of alkyl halides is 6. The maximum absolute atomic E-state index is 12.9. The zero-order valence-corrected chi connectivity index (χ0v) is 15.9. The Balaban J connectivity index is 3.04. The molecule has 0 aliphatic rings. The number of carboxylic acid groups (broad SMARTS) is 1. The minimum atomic E-state index is -5.08. The number of hydrogen-bond acceptors (Lipinski definition) is 4. The molecule has 0 aliphatic carbocycles. The largest absolute Gasteiger partial charge is 0.480 e. The van der Waals surface area contributed by atoms with Gasteiger partial charge in [-0.3, -0.25) is 9.59 Å². The van der Waals surface area contributed by atoms with E-state index in [0.717, 1.165) is 0 Å². The molecule has 2 N–H and O–H groups in total. The summed E-state index contributed by atoms with van der Waals surface area (Å²) in [5.41, 5.74) is -3.78. The number of carbonyl (C=O) groups excluding carboxylic acids is 2. The van der Waals surface area contributed by atoms with Crippen molar-refractivity contribution in [3.05, 3.63) is 34.9 Å². The highest BCUT2D eigenvalue weighted by Crippen LogP contribution is 2.36. The SMILES string of the molecule is CCOC(=O)C[C@H](C)[C@H](NC(=O)Cc1cc(C(F)(F)F)cc(C(F)(F)F)c1)C(=O)O. The Morgan fingerprint density at radius 2 is 1.53 bits per heavy atom. The van der Waals surface area contributed by atoms with E-state index in [-0.39, 0.29) is 19.1 Å². The lowest BCUT2D eigenvalue weighted by Crippen LogP contribution is -2.46. The molecule has 0 heterocycles. The van der Waals surface area contributed by atoms with E-state index < -0.39 is 65.3 Å². The van der Waals surface area contributed by atoms with E-state index in [1.54, 1.807) is 0 Å². The van der Waals surface area contributed by atoms with Crippen molar-refractivity contribution in [1.82, 2.24) is 5.32 Å². The molecule has 0 saturated heterocycles. The molecular formula is C18H19F6NO5. The first-order valence-electron chi connectivity index (χ1n) is 8.61. The van der Waals surface area contributed by atoms with Crippen molar-refractivity contribution in [2.75, 3.05) is 6.61 Å². The number of carboxylic acids is 1. The van der Waals surface area contributed by atoms with Gasteiger partial charge in [0.25, 0.3) is 0 Å². The van der Waals surface area contributed by atoms with Crippen molar-refractivity contribution in [1.29, 1.82) is 0 Å². The number of esters is 1. The molecule has 1 aromatic rings. The van der Waals surface area contributed by atoms with E-state index in [2.05, 4.69) is 4.74 Å². The van der Waals surface area contributed by atoms with Gasteiger partial charge in [0.2, 0.25) is 5.91 Å². The molecule has 0 aromatic heterocycles. The minimum Gasteiger partial charge on any atom is -0.480 e. The molecule has 1 amide bonds. The van der Waals surface area contributed by atoms with Gasteiger partial charge in [-0.15, -0.1) is 0 Å². The Bertz CT molecular complexity index is 758. The number of halogens is 6. The average molecular weight is 443 g/mol. The summed E-state index contributed by atoms with van der Waals surface area (Å²) in [6.45, 7) is 2.90. The molecule has 0 aliphatic heterocycles. The van der Waals surface area contributed by atoms with Gasteiger partial charge in [0.05, 0.1) is 30.6 Å². The van der Waals surface area contributed by atoms with E-state index in [1.165, 1.54) is 13.8 Å². The molecule has 30 heavy (non-hydrogen) atoms. The lowest BCUT2D eigenvalue weighted by atomic mass is 9.97. The van der Waals surface area contributed by atoms with Gasteiger partial charge in [0.15, 0.2) is 0 Å². The predicted octanol–water partition coefficient (Wildman–Crippen LogP) is 3.43. The van der Waals surface area contributed by atoms with Gasteiger partial charge in [-0.05, 0) is 36.6 Å². The maximum Gasteiger partial charge on any atom is 0.416 e. The van der Waals surface area contributed by atoms with E-state index in [9.17, 15) is 45.8 Å². The summed E-state index contributed by atoms with van der Waals surface area (Å²) in [5.74, 6) is -4.32. The van der Waals surface area contributed by atoms with Crippen LogP contribution in [0.15, 0.2) is 18.2 Å². The molecule has 1 aromatic carbocycles. The standard InChI is InChI=1S/C18H19F6NO5/c1-3-30-14(27)4-9(2)15(16(28)29)25-13(26)7-10-5-11(17(19,20)21)8-12(6-10)18(22,23)24/h5-6,8-9,15H,3-4,7H2,1-2H3,(H,25,26)(H,28,29)/t9-,15-/m0/s1. The number of hydrogen-bond donors (Lipinski definition) is 2. The first-order chi connectivity index (χ1) is 13.6. The number of nitrogens with one attached hydrogen (secondary N) is 1. The summed E-state index contributed by atoms with van der Waals surface area (Å²) in [7, 11) is 0. The van der Waals surface area contributed by atoms with E-state index in [4.69, 9.17) is 0 Å². The Morgan fingerprint density at radius 1 is 1.03 bits per heavy atom. The van der Waals surface area contributed by atoms with E-state index in [1.807, 2.05) is 5.32 Å². The fraction of sp³-hybridized carbons (Fsp3) is 0.500. The third-order valence-corrected chi connectivity index (χ3v) is 3.96. The molecule has 0 fully saturated rings. The van der Waals surface area contributed by atoms with Gasteiger partial charge in [0, 0.05) is 0 Å². The van der Waals surface area contributed by atoms with Crippen LogP contribution in [-0.4, -0.2) is 35.6 Å². The molecular weight excluding hydrogens is 424 g/mol. The molecule has 168 valence electrons. The van der Waals surface area contributed by atoms with Crippen LogP contribution in [0.4, 0.5) is 26.3 Å². The lowest BCUT2D eigenvalue weighted by molar-refractivity contribution is -0.147. The van der Waals surface area contributed by atoms with Crippen molar-refractivity contribution in [3.63, 3.8) is 0 Å². The number of amides is 1. The van der Waals surface area contributed by atoms with Crippen LogP contribution in [0.5, 0.6) is 0 Å². The van der Waals surface area contributed by atoms with Crippen LogP contribution < -0.4 is 5.32 Å². The van der Waals surface area contributed by atoms with Crippen molar-refractivity contribution >= 4 is 17.8 Å². The number of benzene rings is 1. The van der Waals surface area contributed by atoms with Crippen molar-refractivity contribution < 1.29 is 50.6 Å². The molecule has 6 nitrogen and oxygen atoms in total. The first kappa shape index (κ1) is 25.2. The van der Waals surface area contributed by atoms with Crippen LogP contribution in [0.3, 0.4) is 0 Å². The van der Waals surface area contributed by atoms with Crippen LogP contribution in [0, 0.1) is 5.92 Å². The maximum atomic E-state index is 12.9. The average Bonchev–Trinajstić information content (AvgIpc) is 2.57. The van der Waals surface area contributed by atoms with E-state index >= 15 is 0 Å². The normalized spacial score (nSPS) is 14.0. The van der Waals surface area contributed by atoms with Gasteiger partial charge in [-0.25, -0.2) is 4.79 Å². The van der Waals surface area contributed by atoms with Crippen LogP contribution in [-0.2, 0) is 37.9 Å². The van der Waals surface area contributed by atoms with E-state index in [0.29, 0.717) is 12.1 Å². The molecule has 0 spiro atoms. The molecule has 1 rings (SSSR count). The number of ether oxygens (including phenoxy) is 1. The molecule has 2 atom stereocenters. The van der Waals surface area contributed by atoms with Gasteiger partial charge < -0.3 is 15.2 Å². The molecule has 0 radical (unpaired) electrons. The summed E-state index contributed by atoms with van der Waals surface area (Å²) >= 11 is 0. The summed E-state index contributed by atoms with van der Waals surface area (Å²) < 4.78 is 82.0. The molecule has 0 saturated carbocycles. The predicted molar refractivity (Wildman–Crippen MR) is 90.1 cm³/mol. The quantitative estimate of drug-likeness (QED) is 0.475.